The van der Waals surface area contributed by atoms with Crippen molar-refractivity contribution in [1.82, 2.24) is 0 Å². The number of benzene rings is 2. The van der Waals surface area contributed by atoms with Gasteiger partial charge in [0.15, 0.2) is 6.61 Å². The van der Waals surface area contributed by atoms with E-state index in [-0.39, 0.29) is 17.9 Å². The summed E-state index contributed by atoms with van der Waals surface area (Å²) in [6, 6.07) is 10.2. The molecule has 2 aromatic rings. The zero-order chi connectivity index (χ0) is 20.6. The molecule has 0 radical (unpaired) electrons. The molecule has 0 spiro atoms. The Morgan fingerprint density at radius 1 is 1.07 bits per heavy atom. The number of halogens is 3. The van der Waals surface area contributed by atoms with Gasteiger partial charge in [0, 0.05) is 11.3 Å². The SMILES string of the molecule is CCCCOC(=O)COc1ccc(C(=O)Nc2cccc(C(F)(F)F)c2)cc1. The first-order valence-electron chi connectivity index (χ1n) is 8.66. The fraction of sp³-hybridized carbons (Fsp3) is 0.300. The van der Waals surface area contributed by atoms with Crippen molar-refractivity contribution in [3.05, 3.63) is 59.7 Å². The van der Waals surface area contributed by atoms with Crippen molar-refractivity contribution in [2.75, 3.05) is 18.5 Å². The number of alkyl halides is 3. The minimum atomic E-state index is -4.49. The minimum Gasteiger partial charge on any atom is -0.482 e. The highest BCUT2D eigenvalue weighted by molar-refractivity contribution is 6.04. The van der Waals surface area contributed by atoms with Crippen molar-refractivity contribution in [3.63, 3.8) is 0 Å². The molecular weight excluding hydrogens is 375 g/mol. The van der Waals surface area contributed by atoms with Gasteiger partial charge in [0.2, 0.25) is 0 Å². The second kappa shape index (κ2) is 9.77. The zero-order valence-electron chi connectivity index (χ0n) is 15.2. The maximum atomic E-state index is 12.7. The van der Waals surface area contributed by atoms with Gasteiger partial charge in [-0.25, -0.2) is 4.79 Å². The third-order valence-corrected chi connectivity index (χ3v) is 3.68. The molecule has 0 bridgehead atoms. The smallest absolute Gasteiger partial charge is 0.416 e. The average Bonchev–Trinajstić information content (AvgIpc) is 2.66. The van der Waals surface area contributed by atoms with Crippen LogP contribution in [-0.2, 0) is 15.7 Å². The highest BCUT2D eigenvalue weighted by Gasteiger charge is 2.30. The maximum absolute atomic E-state index is 12.7. The summed E-state index contributed by atoms with van der Waals surface area (Å²) in [4.78, 5) is 23.7. The van der Waals surface area contributed by atoms with Crippen LogP contribution in [0.5, 0.6) is 5.75 Å². The van der Waals surface area contributed by atoms with E-state index < -0.39 is 23.6 Å². The first-order chi connectivity index (χ1) is 13.3. The van der Waals surface area contributed by atoms with Crippen LogP contribution in [0, 0.1) is 0 Å². The molecule has 0 fully saturated rings. The fourth-order valence-electron chi connectivity index (χ4n) is 2.19. The van der Waals surface area contributed by atoms with Gasteiger partial charge in [-0.2, -0.15) is 13.2 Å². The summed E-state index contributed by atoms with van der Waals surface area (Å²) in [6.45, 7) is 2.07. The van der Waals surface area contributed by atoms with Crippen LogP contribution in [0.2, 0.25) is 0 Å². The average molecular weight is 395 g/mol. The molecule has 0 aromatic heterocycles. The van der Waals surface area contributed by atoms with E-state index >= 15 is 0 Å². The standard InChI is InChI=1S/C20H20F3NO4/c1-2-3-11-27-18(25)13-28-17-9-7-14(8-10-17)19(26)24-16-6-4-5-15(12-16)20(21,22)23/h4-10,12H,2-3,11,13H2,1H3,(H,24,26). The number of carbonyl (C=O) groups excluding carboxylic acids is 2. The molecule has 0 saturated heterocycles. The van der Waals surface area contributed by atoms with Crippen molar-refractivity contribution in [2.24, 2.45) is 0 Å². The van der Waals surface area contributed by atoms with E-state index in [0.29, 0.717) is 12.4 Å². The highest BCUT2D eigenvalue weighted by Crippen LogP contribution is 2.30. The third kappa shape index (κ3) is 6.61. The van der Waals surface area contributed by atoms with Crippen LogP contribution in [0.1, 0.15) is 35.7 Å². The number of ether oxygens (including phenoxy) is 2. The second-order valence-electron chi connectivity index (χ2n) is 5.92. The van der Waals surface area contributed by atoms with Crippen LogP contribution in [0.3, 0.4) is 0 Å². The Balaban J connectivity index is 1.91. The Bertz CT molecular complexity index is 804. The third-order valence-electron chi connectivity index (χ3n) is 3.68. The van der Waals surface area contributed by atoms with Crippen molar-refractivity contribution in [2.45, 2.75) is 25.9 Å². The topological polar surface area (TPSA) is 64.6 Å². The van der Waals surface area contributed by atoms with Crippen LogP contribution in [0.15, 0.2) is 48.5 Å². The molecule has 2 aromatic carbocycles. The summed E-state index contributed by atoms with van der Waals surface area (Å²) in [5.41, 5.74) is -0.579. The van der Waals surface area contributed by atoms with Crippen LogP contribution in [-0.4, -0.2) is 25.1 Å². The first-order valence-corrected chi connectivity index (χ1v) is 8.66. The van der Waals surface area contributed by atoms with Gasteiger partial charge >= 0.3 is 12.1 Å². The molecule has 0 aliphatic rings. The predicted octanol–water partition coefficient (Wildman–Crippen LogP) is 4.68. The van der Waals surface area contributed by atoms with Crippen molar-refractivity contribution in [3.8, 4) is 5.75 Å². The molecule has 28 heavy (non-hydrogen) atoms. The molecule has 150 valence electrons. The molecule has 2 rings (SSSR count). The van der Waals surface area contributed by atoms with Gasteiger partial charge in [-0.05, 0) is 48.9 Å². The number of anilines is 1. The van der Waals surface area contributed by atoms with Gasteiger partial charge in [-0.3, -0.25) is 4.79 Å². The molecule has 0 aliphatic carbocycles. The number of carbonyl (C=O) groups is 2. The van der Waals surface area contributed by atoms with Crippen molar-refractivity contribution >= 4 is 17.6 Å². The maximum Gasteiger partial charge on any atom is 0.416 e. The number of nitrogens with one attached hydrogen (secondary N) is 1. The number of rotatable bonds is 8. The van der Waals surface area contributed by atoms with Gasteiger partial charge in [-0.15, -0.1) is 0 Å². The van der Waals surface area contributed by atoms with E-state index in [1.165, 1.54) is 36.4 Å². The van der Waals surface area contributed by atoms with E-state index in [1.54, 1.807) is 0 Å². The van der Waals surface area contributed by atoms with Gasteiger partial charge in [0.05, 0.1) is 12.2 Å². The Labute approximate surface area is 160 Å². The molecule has 1 amide bonds. The van der Waals surface area contributed by atoms with E-state index in [0.717, 1.165) is 25.0 Å². The molecule has 0 heterocycles. The van der Waals surface area contributed by atoms with Gasteiger partial charge < -0.3 is 14.8 Å². The molecule has 0 atom stereocenters. The van der Waals surface area contributed by atoms with Crippen LogP contribution < -0.4 is 10.1 Å². The fourth-order valence-corrected chi connectivity index (χ4v) is 2.19. The Morgan fingerprint density at radius 2 is 1.79 bits per heavy atom. The molecule has 0 aliphatic heterocycles. The van der Waals surface area contributed by atoms with Crippen molar-refractivity contribution in [1.29, 1.82) is 0 Å². The zero-order valence-corrected chi connectivity index (χ0v) is 15.2. The van der Waals surface area contributed by atoms with Crippen LogP contribution in [0.25, 0.3) is 0 Å². The van der Waals surface area contributed by atoms with Crippen molar-refractivity contribution < 1.29 is 32.2 Å². The van der Waals surface area contributed by atoms with Gasteiger partial charge in [0.25, 0.3) is 5.91 Å². The highest BCUT2D eigenvalue weighted by atomic mass is 19.4. The summed E-state index contributed by atoms with van der Waals surface area (Å²) < 4.78 is 48.4. The Kier molecular flexibility index (Phi) is 7.43. The minimum absolute atomic E-state index is 0.0370. The largest absolute Gasteiger partial charge is 0.482 e. The number of unbranched alkanes of at least 4 members (excludes halogenated alkanes) is 1. The second-order valence-corrected chi connectivity index (χ2v) is 5.92. The lowest BCUT2D eigenvalue weighted by atomic mass is 10.1. The lowest BCUT2D eigenvalue weighted by molar-refractivity contribution is -0.146. The quantitative estimate of drug-likeness (QED) is 0.521. The first kappa shape index (κ1) is 21.3. The normalized spacial score (nSPS) is 11.0. The Hall–Kier alpha value is -3.03. The summed E-state index contributed by atoms with van der Waals surface area (Å²) in [5, 5.41) is 2.42. The van der Waals surface area contributed by atoms with E-state index in [2.05, 4.69) is 5.32 Å². The number of amides is 1. The molecule has 1 N–H and O–H groups in total. The summed E-state index contributed by atoms with van der Waals surface area (Å²) in [5.74, 6) is -0.687. The lowest BCUT2D eigenvalue weighted by Crippen LogP contribution is -2.16. The predicted molar refractivity (Wildman–Crippen MR) is 97.2 cm³/mol. The monoisotopic (exact) mass is 395 g/mol. The lowest BCUT2D eigenvalue weighted by Gasteiger charge is -2.10. The summed E-state index contributed by atoms with van der Waals surface area (Å²) in [6.07, 6.45) is -2.79. The number of hydrogen-bond acceptors (Lipinski definition) is 4. The number of hydrogen-bond donors (Lipinski definition) is 1. The van der Waals surface area contributed by atoms with Crippen LogP contribution >= 0.6 is 0 Å². The molecule has 8 heteroatoms. The number of esters is 1. The van der Waals surface area contributed by atoms with E-state index in [1.807, 2.05) is 6.92 Å². The van der Waals surface area contributed by atoms with E-state index in [4.69, 9.17) is 9.47 Å². The summed E-state index contributed by atoms with van der Waals surface area (Å²) in [7, 11) is 0. The van der Waals surface area contributed by atoms with E-state index in [9.17, 15) is 22.8 Å². The molecule has 5 nitrogen and oxygen atoms in total. The molecular formula is C20H20F3NO4. The van der Waals surface area contributed by atoms with Gasteiger partial charge in [-0.1, -0.05) is 19.4 Å². The molecule has 0 unspecified atom stereocenters. The van der Waals surface area contributed by atoms with Crippen LogP contribution in [0.4, 0.5) is 18.9 Å². The Morgan fingerprint density at radius 3 is 2.43 bits per heavy atom. The van der Waals surface area contributed by atoms with Gasteiger partial charge in [0.1, 0.15) is 5.75 Å². The summed E-state index contributed by atoms with van der Waals surface area (Å²) >= 11 is 0. The molecule has 0 saturated carbocycles.